The maximum absolute atomic E-state index is 12.7. The SMILES string of the molecule is [B]CC1([B])CC([B])(NC(=O)c2scc(/C=C\CC)c2N=C)C(=O)NC1=O. The molecule has 0 aliphatic carbocycles. The quantitative estimate of drug-likeness (QED) is 0.450. The highest BCUT2D eigenvalue weighted by atomic mass is 32.1. The molecule has 0 saturated carbocycles. The molecule has 1 aromatic rings. The highest BCUT2D eigenvalue weighted by Gasteiger charge is 2.49. The summed E-state index contributed by atoms with van der Waals surface area (Å²) in [5.41, 5.74) is -0.742. The number of rotatable bonds is 6. The molecule has 0 spiro atoms. The van der Waals surface area contributed by atoms with Crippen LogP contribution in [0.5, 0.6) is 0 Å². The van der Waals surface area contributed by atoms with Crippen molar-refractivity contribution in [3.05, 3.63) is 21.9 Å². The second kappa shape index (κ2) is 7.66. The number of thiophene rings is 1. The van der Waals surface area contributed by atoms with Gasteiger partial charge >= 0.3 is 0 Å². The summed E-state index contributed by atoms with van der Waals surface area (Å²) >= 11 is 1.15. The van der Waals surface area contributed by atoms with Crippen molar-refractivity contribution < 1.29 is 14.4 Å². The van der Waals surface area contributed by atoms with E-state index in [2.05, 4.69) is 22.3 Å². The first-order valence-electron chi connectivity index (χ1n) is 7.91. The molecule has 1 aliphatic rings. The summed E-state index contributed by atoms with van der Waals surface area (Å²) in [6, 6.07) is 0. The van der Waals surface area contributed by atoms with Gasteiger partial charge in [-0.1, -0.05) is 25.4 Å². The van der Waals surface area contributed by atoms with Crippen LogP contribution < -0.4 is 10.6 Å². The summed E-state index contributed by atoms with van der Waals surface area (Å²) in [6.45, 7) is 5.47. The van der Waals surface area contributed by atoms with Crippen molar-refractivity contribution in [3.63, 3.8) is 0 Å². The zero-order valence-corrected chi connectivity index (χ0v) is 15.2. The van der Waals surface area contributed by atoms with Crippen molar-refractivity contribution in [3.8, 4) is 0 Å². The topological polar surface area (TPSA) is 87.6 Å². The van der Waals surface area contributed by atoms with E-state index < -0.39 is 28.5 Å². The molecule has 2 heterocycles. The smallest absolute Gasteiger partial charge is 0.263 e. The fraction of sp³-hybridized carbons (Fsp3) is 0.375. The van der Waals surface area contributed by atoms with E-state index in [-0.39, 0.29) is 17.6 Å². The van der Waals surface area contributed by atoms with Crippen molar-refractivity contribution >= 4 is 71.1 Å². The van der Waals surface area contributed by atoms with Crippen LogP contribution in [0.3, 0.4) is 0 Å². The number of amides is 3. The van der Waals surface area contributed by atoms with Crippen LogP contribution in [0.1, 0.15) is 35.0 Å². The molecule has 10 heteroatoms. The Morgan fingerprint density at radius 3 is 2.73 bits per heavy atom. The summed E-state index contributed by atoms with van der Waals surface area (Å²) in [6.07, 6.45) is 4.03. The Labute approximate surface area is 160 Å². The molecule has 2 unspecified atom stereocenters. The molecule has 1 saturated heterocycles. The fourth-order valence-electron chi connectivity index (χ4n) is 2.57. The monoisotopic (exact) mass is 363 g/mol. The van der Waals surface area contributed by atoms with Gasteiger partial charge < -0.3 is 5.32 Å². The summed E-state index contributed by atoms with van der Waals surface area (Å²) in [4.78, 5) is 40.9. The van der Waals surface area contributed by atoms with Crippen molar-refractivity contribution in [2.75, 3.05) is 0 Å². The molecular weight excluding hydrogens is 347 g/mol. The number of allylic oxidation sites excluding steroid dienone is 1. The molecule has 1 aliphatic heterocycles. The van der Waals surface area contributed by atoms with Crippen LogP contribution in [-0.4, -0.2) is 53.4 Å². The molecule has 1 fully saturated rings. The molecule has 0 bridgehead atoms. The third kappa shape index (κ3) is 3.70. The van der Waals surface area contributed by atoms with Crippen molar-refractivity contribution in [2.45, 2.75) is 36.8 Å². The van der Waals surface area contributed by atoms with Gasteiger partial charge in [0.25, 0.3) is 5.91 Å². The predicted molar refractivity (Wildman–Crippen MR) is 106 cm³/mol. The summed E-state index contributed by atoms with van der Waals surface area (Å²) in [7, 11) is 17.5. The lowest BCUT2D eigenvalue weighted by molar-refractivity contribution is -0.138. The lowest BCUT2D eigenvalue weighted by Crippen LogP contribution is -2.67. The lowest BCUT2D eigenvalue weighted by Gasteiger charge is -2.43. The average Bonchev–Trinajstić information content (AvgIpc) is 3.01. The zero-order chi connectivity index (χ0) is 19.5. The zero-order valence-electron chi connectivity index (χ0n) is 14.4. The van der Waals surface area contributed by atoms with Crippen molar-refractivity contribution in [1.82, 2.24) is 10.6 Å². The molecule has 2 N–H and O–H groups in total. The Bertz CT molecular complexity index is 795. The van der Waals surface area contributed by atoms with Gasteiger partial charge in [-0.05, 0) is 19.6 Å². The predicted octanol–water partition coefficient (Wildman–Crippen LogP) is 1.06. The van der Waals surface area contributed by atoms with E-state index in [1.54, 1.807) is 5.38 Å². The normalized spacial score (nSPS) is 25.9. The van der Waals surface area contributed by atoms with Crippen LogP contribution in [-0.2, 0) is 9.59 Å². The number of hydrogen-bond acceptors (Lipinski definition) is 5. The first-order chi connectivity index (χ1) is 12.2. The summed E-state index contributed by atoms with van der Waals surface area (Å²) in [5, 5.41) is 4.72. The molecule has 26 heavy (non-hydrogen) atoms. The molecule has 3 amide bonds. The van der Waals surface area contributed by atoms with Crippen LogP contribution in [0.4, 0.5) is 5.69 Å². The van der Waals surface area contributed by atoms with E-state index >= 15 is 0 Å². The second-order valence-electron chi connectivity index (χ2n) is 6.08. The Balaban J connectivity index is 2.30. The van der Waals surface area contributed by atoms with Gasteiger partial charge in [0, 0.05) is 16.3 Å². The molecule has 0 aromatic carbocycles. The number of imide groups is 1. The van der Waals surface area contributed by atoms with Crippen LogP contribution in [0.25, 0.3) is 6.08 Å². The Morgan fingerprint density at radius 2 is 2.15 bits per heavy atom. The number of carbonyl (C=O) groups is 3. The van der Waals surface area contributed by atoms with Gasteiger partial charge in [-0.2, -0.15) is 0 Å². The number of nitrogens with one attached hydrogen (secondary N) is 2. The number of aliphatic imine (C=N–C) groups is 1. The van der Waals surface area contributed by atoms with E-state index in [0.29, 0.717) is 5.69 Å². The lowest BCUT2D eigenvalue weighted by atomic mass is 9.51. The minimum Gasteiger partial charge on any atom is -0.345 e. The number of carbonyl (C=O) groups excluding carboxylic acids is 3. The van der Waals surface area contributed by atoms with Crippen molar-refractivity contribution in [1.29, 1.82) is 0 Å². The van der Waals surface area contributed by atoms with Gasteiger partial charge in [-0.15, -0.1) is 11.3 Å². The second-order valence-corrected chi connectivity index (χ2v) is 6.96. The Kier molecular flexibility index (Phi) is 5.96. The van der Waals surface area contributed by atoms with E-state index in [4.69, 9.17) is 23.5 Å². The number of hydrogen-bond donors (Lipinski definition) is 2. The molecule has 2 atom stereocenters. The minimum absolute atomic E-state index is 0.231. The van der Waals surface area contributed by atoms with Crippen LogP contribution in [0.15, 0.2) is 16.4 Å². The maximum Gasteiger partial charge on any atom is 0.263 e. The van der Waals surface area contributed by atoms with Gasteiger partial charge in [0.1, 0.15) is 12.7 Å². The highest BCUT2D eigenvalue weighted by molar-refractivity contribution is 7.13. The highest BCUT2D eigenvalue weighted by Crippen LogP contribution is 2.39. The van der Waals surface area contributed by atoms with Gasteiger partial charge in [0.2, 0.25) is 11.8 Å². The minimum atomic E-state index is -1.87. The molecule has 128 valence electrons. The summed E-state index contributed by atoms with van der Waals surface area (Å²) in [5.74, 6) is -2.18. The van der Waals surface area contributed by atoms with Crippen LogP contribution >= 0.6 is 11.3 Å². The van der Waals surface area contributed by atoms with Crippen LogP contribution in [0.2, 0.25) is 11.6 Å². The molecule has 6 radical (unpaired) electrons. The third-order valence-corrected chi connectivity index (χ3v) is 5.06. The number of piperidine rings is 1. The van der Waals surface area contributed by atoms with E-state index in [1.165, 1.54) is 0 Å². The fourth-order valence-corrected chi connectivity index (χ4v) is 3.46. The Morgan fingerprint density at radius 1 is 1.46 bits per heavy atom. The van der Waals surface area contributed by atoms with Crippen molar-refractivity contribution in [2.24, 2.45) is 4.99 Å². The van der Waals surface area contributed by atoms with Gasteiger partial charge in [0.05, 0.1) is 26.8 Å². The summed E-state index contributed by atoms with van der Waals surface area (Å²) < 4.78 is 0. The molecular formula is C16H16B3N3O3S. The van der Waals surface area contributed by atoms with Gasteiger partial charge in [-0.25, -0.2) is 0 Å². The largest absolute Gasteiger partial charge is 0.345 e. The molecule has 2 rings (SSSR count). The van der Waals surface area contributed by atoms with Crippen LogP contribution in [0, 0.1) is 0 Å². The standard InChI is InChI=1S/C16H16B3N3O3S/c1-3-4-5-9-6-26-11(10(9)20-2)12(23)22-16(19)7-15(18,8-17)13(24)21-14(16)25/h4-6H,2-3,7-8H2,1H3,(H,22,23)(H,21,24,25)/b5-4-. The van der Waals surface area contributed by atoms with Gasteiger partial charge in [-0.3, -0.25) is 24.7 Å². The molecule has 1 aromatic heterocycles. The first kappa shape index (κ1) is 20.2. The molecule has 6 nitrogen and oxygen atoms in total. The van der Waals surface area contributed by atoms with E-state index in [1.807, 2.05) is 19.1 Å². The maximum atomic E-state index is 12.7. The van der Waals surface area contributed by atoms with E-state index in [9.17, 15) is 14.4 Å². The van der Waals surface area contributed by atoms with Gasteiger partial charge in [0.15, 0.2) is 0 Å². The van der Waals surface area contributed by atoms with E-state index in [0.717, 1.165) is 23.3 Å². The third-order valence-electron chi connectivity index (χ3n) is 4.07. The first-order valence-corrected chi connectivity index (χ1v) is 8.79. The number of nitrogens with zero attached hydrogens (tertiary/aromatic N) is 1. The average molecular weight is 363 g/mol. The Hall–Kier alpha value is -2.09.